The first-order chi connectivity index (χ1) is 14.9. The highest BCUT2D eigenvalue weighted by atomic mass is 16.6. The number of carbonyl (C=O) groups is 2. The molecule has 0 unspecified atom stereocenters. The molecule has 1 atom stereocenters. The smallest absolute Gasteiger partial charge is 0.336 e. The van der Waals surface area contributed by atoms with Crippen molar-refractivity contribution < 1.29 is 28.7 Å². The van der Waals surface area contributed by atoms with Gasteiger partial charge in [0, 0.05) is 37.7 Å². The second-order valence-electron chi connectivity index (χ2n) is 7.23. The first-order valence-corrected chi connectivity index (χ1v) is 10.3. The van der Waals surface area contributed by atoms with Crippen molar-refractivity contribution >= 4 is 17.6 Å². The van der Waals surface area contributed by atoms with Crippen LogP contribution in [0.4, 0.5) is 5.69 Å². The van der Waals surface area contributed by atoms with Crippen molar-refractivity contribution in [1.82, 2.24) is 4.90 Å². The third-order valence-electron chi connectivity index (χ3n) is 5.11. The Bertz CT molecular complexity index is 867. The van der Waals surface area contributed by atoms with Crippen molar-refractivity contribution in [3.05, 3.63) is 63.5 Å². The van der Waals surface area contributed by atoms with E-state index in [9.17, 15) is 19.7 Å². The van der Waals surface area contributed by atoms with E-state index in [2.05, 4.69) is 0 Å². The van der Waals surface area contributed by atoms with Gasteiger partial charge in [-0.25, -0.2) is 9.59 Å². The number of non-ortho nitro benzene ring substituents is 1. The highest BCUT2D eigenvalue weighted by molar-refractivity contribution is 5.98. The van der Waals surface area contributed by atoms with Crippen LogP contribution in [0.15, 0.2) is 47.8 Å². The molecule has 9 nitrogen and oxygen atoms in total. The molecule has 1 aromatic rings. The molecule has 2 aliphatic heterocycles. The zero-order valence-corrected chi connectivity index (χ0v) is 17.6. The third-order valence-corrected chi connectivity index (χ3v) is 5.11. The lowest BCUT2D eigenvalue weighted by molar-refractivity contribution is -0.384. The normalized spacial score (nSPS) is 18.9. The van der Waals surface area contributed by atoms with Gasteiger partial charge in [-0.3, -0.25) is 10.1 Å². The van der Waals surface area contributed by atoms with Crippen molar-refractivity contribution in [3.63, 3.8) is 0 Å². The van der Waals surface area contributed by atoms with Crippen LogP contribution in [0.3, 0.4) is 0 Å². The quantitative estimate of drug-likeness (QED) is 0.352. The average molecular weight is 430 g/mol. The molecule has 0 bridgehead atoms. The summed E-state index contributed by atoms with van der Waals surface area (Å²) < 4.78 is 16.2. The van der Waals surface area contributed by atoms with Gasteiger partial charge in [-0.1, -0.05) is 12.1 Å². The number of rotatable bonds is 8. The SMILES string of the molecule is CCOC(=O)C1=CN(C[C@H]2CCCO2)C=C(C(=O)OCC)C1c1cccc([N+](=O)[O-])c1. The molecule has 3 rings (SSSR count). The summed E-state index contributed by atoms with van der Waals surface area (Å²) in [7, 11) is 0. The second-order valence-corrected chi connectivity index (χ2v) is 7.23. The molecule has 1 fully saturated rings. The van der Waals surface area contributed by atoms with Crippen LogP contribution in [-0.4, -0.2) is 54.2 Å². The lowest BCUT2D eigenvalue weighted by Gasteiger charge is -2.31. The number of nitro groups is 1. The molecule has 0 radical (unpaired) electrons. The molecule has 0 N–H and O–H groups in total. The van der Waals surface area contributed by atoms with Crippen molar-refractivity contribution in [1.29, 1.82) is 0 Å². The zero-order chi connectivity index (χ0) is 22.4. The number of hydrogen-bond acceptors (Lipinski definition) is 8. The molecule has 0 saturated carbocycles. The van der Waals surface area contributed by atoms with E-state index in [1.165, 1.54) is 18.2 Å². The monoisotopic (exact) mass is 430 g/mol. The number of benzene rings is 1. The number of hydrogen-bond donors (Lipinski definition) is 0. The van der Waals surface area contributed by atoms with E-state index in [0.717, 1.165) is 12.8 Å². The molecular formula is C22H26N2O7. The Kier molecular flexibility index (Phi) is 7.41. The van der Waals surface area contributed by atoms with Crippen LogP contribution < -0.4 is 0 Å². The molecule has 31 heavy (non-hydrogen) atoms. The van der Waals surface area contributed by atoms with Crippen LogP contribution in [0.2, 0.25) is 0 Å². The summed E-state index contributed by atoms with van der Waals surface area (Å²) in [6.07, 6.45) is 5.08. The Hall–Kier alpha value is -3.20. The fourth-order valence-electron chi connectivity index (χ4n) is 3.79. The van der Waals surface area contributed by atoms with Crippen LogP contribution >= 0.6 is 0 Å². The van der Waals surface area contributed by atoms with Crippen molar-refractivity contribution in [2.24, 2.45) is 0 Å². The van der Waals surface area contributed by atoms with Gasteiger partial charge >= 0.3 is 11.9 Å². The van der Waals surface area contributed by atoms with Crippen LogP contribution in [0.1, 0.15) is 38.2 Å². The van der Waals surface area contributed by atoms with Crippen molar-refractivity contribution in [2.45, 2.75) is 38.7 Å². The average Bonchev–Trinajstić information content (AvgIpc) is 3.26. The van der Waals surface area contributed by atoms with Gasteiger partial charge in [0.1, 0.15) is 0 Å². The summed E-state index contributed by atoms with van der Waals surface area (Å²) >= 11 is 0. The predicted molar refractivity (Wildman–Crippen MR) is 111 cm³/mol. The Labute approximate surface area is 180 Å². The fourth-order valence-corrected chi connectivity index (χ4v) is 3.79. The molecule has 2 heterocycles. The number of nitro benzene ring substituents is 1. The third kappa shape index (κ3) is 5.29. The minimum Gasteiger partial charge on any atom is -0.463 e. The maximum absolute atomic E-state index is 12.8. The molecule has 0 aliphatic carbocycles. The Balaban J connectivity index is 2.06. The lowest BCUT2D eigenvalue weighted by atomic mass is 9.83. The largest absolute Gasteiger partial charge is 0.463 e. The van der Waals surface area contributed by atoms with E-state index in [1.807, 2.05) is 0 Å². The fraction of sp³-hybridized carbons (Fsp3) is 0.455. The van der Waals surface area contributed by atoms with Crippen LogP contribution in [0.25, 0.3) is 0 Å². The standard InChI is InChI=1S/C22H26N2O7/c1-3-29-21(25)18-13-23(12-17-9-6-10-31-17)14-19(22(26)30-4-2)20(18)15-7-5-8-16(11-15)24(27)28/h5,7-8,11,13-14,17,20H,3-4,6,9-10,12H2,1-2H3/t17-/m1/s1. The van der Waals surface area contributed by atoms with E-state index in [4.69, 9.17) is 14.2 Å². The first-order valence-electron chi connectivity index (χ1n) is 10.3. The second kappa shape index (κ2) is 10.2. The molecule has 1 saturated heterocycles. The van der Waals surface area contributed by atoms with Crippen LogP contribution in [-0.2, 0) is 23.8 Å². The van der Waals surface area contributed by atoms with E-state index in [-0.39, 0.29) is 36.2 Å². The molecule has 0 aromatic heterocycles. The maximum atomic E-state index is 12.8. The molecule has 9 heteroatoms. The number of esters is 2. The summed E-state index contributed by atoms with van der Waals surface area (Å²) in [5, 5.41) is 11.3. The molecular weight excluding hydrogens is 404 g/mol. The summed E-state index contributed by atoms with van der Waals surface area (Å²) in [5.41, 5.74) is 0.729. The van der Waals surface area contributed by atoms with E-state index in [0.29, 0.717) is 18.7 Å². The van der Waals surface area contributed by atoms with Gasteiger partial charge in [0.25, 0.3) is 5.69 Å². The van der Waals surface area contributed by atoms with Gasteiger partial charge in [0.05, 0.1) is 41.3 Å². The lowest BCUT2D eigenvalue weighted by Crippen LogP contribution is -2.32. The van der Waals surface area contributed by atoms with Gasteiger partial charge in [0.2, 0.25) is 0 Å². The Morgan fingerprint density at radius 3 is 2.32 bits per heavy atom. The molecule has 0 spiro atoms. The number of carbonyl (C=O) groups excluding carboxylic acids is 2. The minimum absolute atomic E-state index is 0.0197. The Morgan fingerprint density at radius 2 is 1.81 bits per heavy atom. The summed E-state index contributed by atoms with van der Waals surface area (Å²) in [5.74, 6) is -2.03. The Morgan fingerprint density at radius 1 is 1.16 bits per heavy atom. The van der Waals surface area contributed by atoms with Gasteiger partial charge in [-0.15, -0.1) is 0 Å². The van der Waals surface area contributed by atoms with Gasteiger partial charge in [-0.05, 0) is 32.3 Å². The highest BCUT2D eigenvalue weighted by Crippen LogP contribution is 2.38. The van der Waals surface area contributed by atoms with Crippen molar-refractivity contribution in [3.8, 4) is 0 Å². The number of ether oxygens (including phenoxy) is 3. The molecule has 2 aliphatic rings. The number of nitrogens with zero attached hydrogens (tertiary/aromatic N) is 2. The van der Waals surface area contributed by atoms with E-state index in [1.54, 1.807) is 37.2 Å². The topological polar surface area (TPSA) is 108 Å². The molecule has 166 valence electrons. The van der Waals surface area contributed by atoms with E-state index < -0.39 is 22.8 Å². The van der Waals surface area contributed by atoms with Gasteiger partial charge in [-0.2, -0.15) is 0 Å². The molecule has 1 aromatic carbocycles. The van der Waals surface area contributed by atoms with Crippen molar-refractivity contribution in [2.75, 3.05) is 26.4 Å². The van der Waals surface area contributed by atoms with Crippen LogP contribution in [0.5, 0.6) is 0 Å². The minimum atomic E-state index is -0.848. The van der Waals surface area contributed by atoms with Gasteiger partial charge in [0.15, 0.2) is 0 Å². The maximum Gasteiger partial charge on any atom is 0.336 e. The summed E-state index contributed by atoms with van der Waals surface area (Å²) in [6.45, 7) is 4.83. The first kappa shape index (κ1) is 22.5. The predicted octanol–water partition coefficient (Wildman–Crippen LogP) is 3.07. The van der Waals surface area contributed by atoms with Crippen LogP contribution in [0, 0.1) is 10.1 Å². The zero-order valence-electron chi connectivity index (χ0n) is 17.6. The summed E-state index contributed by atoms with van der Waals surface area (Å²) in [6, 6.07) is 5.89. The molecule has 0 amide bonds. The van der Waals surface area contributed by atoms with E-state index >= 15 is 0 Å². The highest BCUT2D eigenvalue weighted by Gasteiger charge is 2.36. The summed E-state index contributed by atoms with van der Waals surface area (Å²) in [4.78, 5) is 38.2. The van der Waals surface area contributed by atoms with Gasteiger partial charge < -0.3 is 19.1 Å².